The Balaban J connectivity index is 2.06. The van der Waals surface area contributed by atoms with Crippen molar-refractivity contribution < 1.29 is 0 Å². The van der Waals surface area contributed by atoms with Crippen LogP contribution in [-0.4, -0.2) is 15.0 Å². The highest BCUT2D eigenvalue weighted by Gasteiger charge is 2.03. The molecule has 17 heavy (non-hydrogen) atoms. The Morgan fingerprint density at radius 1 is 1.35 bits per heavy atom. The molecule has 88 valence electrons. The van der Waals surface area contributed by atoms with E-state index in [0.29, 0.717) is 11.6 Å². The molecule has 0 fully saturated rings. The highest BCUT2D eigenvalue weighted by atomic mass is 32.2. The zero-order chi connectivity index (χ0) is 12.1. The molecule has 2 rings (SSSR count). The summed E-state index contributed by atoms with van der Waals surface area (Å²) in [6, 6.07) is 7.61. The SMILES string of the molecule is Cc1cc(NN)nc(CSc2ccccn2)n1. The summed E-state index contributed by atoms with van der Waals surface area (Å²) in [5.41, 5.74) is 3.42. The molecule has 3 N–H and O–H groups in total. The number of aromatic nitrogens is 3. The summed E-state index contributed by atoms with van der Waals surface area (Å²) in [7, 11) is 0. The van der Waals surface area contributed by atoms with E-state index in [0.717, 1.165) is 16.5 Å². The van der Waals surface area contributed by atoms with Crippen LogP contribution in [0.5, 0.6) is 0 Å². The average molecular weight is 247 g/mol. The molecule has 6 heteroatoms. The van der Waals surface area contributed by atoms with Crippen molar-refractivity contribution in [3.05, 3.63) is 42.0 Å². The molecule has 0 radical (unpaired) electrons. The van der Waals surface area contributed by atoms with Crippen molar-refractivity contribution in [2.24, 2.45) is 5.84 Å². The van der Waals surface area contributed by atoms with Crippen LogP contribution in [0, 0.1) is 6.92 Å². The third-order valence-corrected chi connectivity index (χ3v) is 2.98. The van der Waals surface area contributed by atoms with Crippen LogP contribution in [-0.2, 0) is 5.75 Å². The minimum absolute atomic E-state index is 0.633. The number of hydrogen-bond acceptors (Lipinski definition) is 6. The number of rotatable bonds is 4. The van der Waals surface area contributed by atoms with Crippen LogP contribution >= 0.6 is 11.8 Å². The first-order valence-corrected chi connectivity index (χ1v) is 6.11. The van der Waals surface area contributed by atoms with E-state index in [-0.39, 0.29) is 0 Å². The molecular weight excluding hydrogens is 234 g/mol. The summed E-state index contributed by atoms with van der Waals surface area (Å²) in [6.07, 6.45) is 1.77. The summed E-state index contributed by atoms with van der Waals surface area (Å²) >= 11 is 1.60. The molecule has 0 aromatic carbocycles. The van der Waals surface area contributed by atoms with Crippen LogP contribution in [0.15, 0.2) is 35.5 Å². The molecule has 0 amide bonds. The predicted molar refractivity (Wildman–Crippen MR) is 68.4 cm³/mol. The highest BCUT2D eigenvalue weighted by molar-refractivity contribution is 7.98. The number of nitrogens with one attached hydrogen (secondary N) is 1. The van der Waals surface area contributed by atoms with Crippen molar-refractivity contribution in [3.63, 3.8) is 0 Å². The largest absolute Gasteiger partial charge is 0.308 e. The molecule has 0 saturated heterocycles. The Morgan fingerprint density at radius 2 is 2.24 bits per heavy atom. The fraction of sp³-hybridized carbons (Fsp3) is 0.182. The van der Waals surface area contributed by atoms with Gasteiger partial charge in [-0.15, -0.1) is 0 Å². The fourth-order valence-electron chi connectivity index (χ4n) is 1.34. The standard InChI is InChI=1S/C11H13N5S/c1-8-6-9(16-12)15-10(14-8)7-17-11-4-2-3-5-13-11/h2-6H,7,12H2,1H3,(H,14,15,16). The predicted octanol–water partition coefficient (Wildman–Crippen LogP) is 1.76. The lowest BCUT2D eigenvalue weighted by Gasteiger charge is -2.04. The third-order valence-electron chi connectivity index (χ3n) is 2.04. The Morgan fingerprint density at radius 3 is 2.94 bits per heavy atom. The van der Waals surface area contributed by atoms with Gasteiger partial charge in [0.2, 0.25) is 0 Å². The molecule has 0 aliphatic heterocycles. The molecule has 0 unspecified atom stereocenters. The molecule has 0 spiro atoms. The Hall–Kier alpha value is -1.66. The second kappa shape index (κ2) is 5.60. The number of nitrogens with zero attached hydrogens (tertiary/aromatic N) is 3. The molecule has 0 aliphatic carbocycles. The van der Waals surface area contributed by atoms with Crippen molar-refractivity contribution in [3.8, 4) is 0 Å². The Bertz CT molecular complexity index is 488. The number of anilines is 1. The molecule has 0 aliphatic rings. The molecule has 0 saturated carbocycles. The van der Waals surface area contributed by atoms with Crippen LogP contribution in [0.1, 0.15) is 11.5 Å². The first-order chi connectivity index (χ1) is 8.28. The van der Waals surface area contributed by atoms with E-state index >= 15 is 0 Å². The van der Waals surface area contributed by atoms with Crippen LogP contribution in [0.2, 0.25) is 0 Å². The topological polar surface area (TPSA) is 76.7 Å². The lowest BCUT2D eigenvalue weighted by molar-refractivity contribution is 0.987. The molecule has 2 aromatic heterocycles. The van der Waals surface area contributed by atoms with Gasteiger partial charge in [-0.2, -0.15) is 0 Å². The smallest absolute Gasteiger partial charge is 0.143 e. The molecule has 0 bridgehead atoms. The van der Waals surface area contributed by atoms with Crippen molar-refractivity contribution >= 4 is 17.6 Å². The maximum atomic E-state index is 5.34. The zero-order valence-electron chi connectivity index (χ0n) is 9.42. The number of aryl methyl sites for hydroxylation is 1. The third kappa shape index (κ3) is 3.40. The van der Waals surface area contributed by atoms with Gasteiger partial charge in [0.1, 0.15) is 11.6 Å². The van der Waals surface area contributed by atoms with Crippen LogP contribution < -0.4 is 11.3 Å². The van der Waals surface area contributed by atoms with E-state index in [4.69, 9.17) is 5.84 Å². The van der Waals surface area contributed by atoms with Crippen molar-refractivity contribution in [1.82, 2.24) is 15.0 Å². The van der Waals surface area contributed by atoms with E-state index in [2.05, 4.69) is 20.4 Å². The molecular formula is C11H13N5S. The molecule has 2 heterocycles. The summed E-state index contributed by atoms with van der Waals surface area (Å²) in [5, 5.41) is 0.958. The normalized spacial score (nSPS) is 10.2. The minimum Gasteiger partial charge on any atom is -0.308 e. The van der Waals surface area contributed by atoms with Gasteiger partial charge < -0.3 is 5.43 Å². The van der Waals surface area contributed by atoms with E-state index in [1.165, 1.54) is 0 Å². The van der Waals surface area contributed by atoms with Crippen LogP contribution in [0.4, 0.5) is 5.82 Å². The van der Waals surface area contributed by atoms with Crippen molar-refractivity contribution in [1.29, 1.82) is 0 Å². The van der Waals surface area contributed by atoms with Gasteiger partial charge >= 0.3 is 0 Å². The molecule has 5 nitrogen and oxygen atoms in total. The van der Waals surface area contributed by atoms with E-state index in [9.17, 15) is 0 Å². The van der Waals surface area contributed by atoms with Gasteiger partial charge in [0, 0.05) is 18.0 Å². The molecule has 2 aromatic rings. The van der Waals surface area contributed by atoms with Crippen molar-refractivity contribution in [2.45, 2.75) is 17.7 Å². The maximum Gasteiger partial charge on any atom is 0.143 e. The number of nitrogen functional groups attached to an aromatic ring is 1. The van der Waals surface area contributed by atoms with E-state index in [1.807, 2.05) is 25.1 Å². The van der Waals surface area contributed by atoms with E-state index in [1.54, 1.807) is 24.0 Å². The monoisotopic (exact) mass is 247 g/mol. The molecule has 0 atom stereocenters. The summed E-state index contributed by atoms with van der Waals surface area (Å²) in [4.78, 5) is 12.8. The van der Waals surface area contributed by atoms with Gasteiger partial charge in [0.05, 0.1) is 10.8 Å². The first-order valence-electron chi connectivity index (χ1n) is 5.13. The number of hydrazine groups is 1. The van der Waals surface area contributed by atoms with Gasteiger partial charge in [-0.1, -0.05) is 17.8 Å². The maximum absolute atomic E-state index is 5.34. The quantitative estimate of drug-likeness (QED) is 0.487. The summed E-state index contributed by atoms with van der Waals surface area (Å²) < 4.78 is 0. The Kier molecular flexibility index (Phi) is 3.89. The summed E-state index contributed by atoms with van der Waals surface area (Å²) in [6.45, 7) is 1.91. The van der Waals surface area contributed by atoms with Gasteiger partial charge in [-0.05, 0) is 19.1 Å². The fourth-order valence-corrected chi connectivity index (χ4v) is 2.06. The Labute approximate surface area is 104 Å². The van der Waals surface area contributed by atoms with E-state index < -0.39 is 0 Å². The van der Waals surface area contributed by atoms with Gasteiger partial charge in [-0.25, -0.2) is 20.8 Å². The number of pyridine rings is 1. The van der Waals surface area contributed by atoms with Gasteiger partial charge in [0.15, 0.2) is 0 Å². The lowest BCUT2D eigenvalue weighted by Crippen LogP contribution is -2.10. The minimum atomic E-state index is 0.633. The summed E-state index contributed by atoms with van der Waals surface area (Å²) in [5.74, 6) is 7.39. The second-order valence-electron chi connectivity index (χ2n) is 3.41. The van der Waals surface area contributed by atoms with Gasteiger partial charge in [-0.3, -0.25) is 0 Å². The highest BCUT2D eigenvalue weighted by Crippen LogP contribution is 2.19. The van der Waals surface area contributed by atoms with Crippen LogP contribution in [0.3, 0.4) is 0 Å². The second-order valence-corrected chi connectivity index (χ2v) is 4.41. The van der Waals surface area contributed by atoms with Crippen molar-refractivity contribution in [2.75, 3.05) is 5.43 Å². The number of nitrogens with two attached hydrogens (primary N) is 1. The average Bonchev–Trinajstić information content (AvgIpc) is 2.37. The van der Waals surface area contributed by atoms with Crippen LogP contribution in [0.25, 0.3) is 0 Å². The first kappa shape index (κ1) is 11.8. The van der Waals surface area contributed by atoms with Gasteiger partial charge in [0.25, 0.3) is 0 Å². The number of thioether (sulfide) groups is 1. The number of hydrogen-bond donors (Lipinski definition) is 2. The zero-order valence-corrected chi connectivity index (χ0v) is 10.2. The lowest BCUT2D eigenvalue weighted by atomic mass is 10.4.